The van der Waals surface area contributed by atoms with E-state index in [1.54, 1.807) is 10.9 Å². The number of aryl methyl sites for hydroxylation is 2. The first-order valence-corrected chi connectivity index (χ1v) is 9.09. The van der Waals surface area contributed by atoms with Crippen LogP contribution in [-0.2, 0) is 6.54 Å². The van der Waals surface area contributed by atoms with Crippen molar-refractivity contribution in [1.82, 2.24) is 9.55 Å². The minimum Gasteiger partial charge on any atom is -0.294 e. The molecule has 4 heteroatoms. The van der Waals surface area contributed by atoms with Crippen LogP contribution in [0.25, 0.3) is 21.3 Å². The predicted octanol–water partition coefficient (Wildman–Crippen LogP) is 4.79. The van der Waals surface area contributed by atoms with Gasteiger partial charge in [0.05, 0.1) is 18.4 Å². The lowest BCUT2D eigenvalue weighted by molar-refractivity contribution is 0.746. The summed E-state index contributed by atoms with van der Waals surface area (Å²) in [5, 5.41) is 2.03. The van der Waals surface area contributed by atoms with E-state index in [1.807, 2.05) is 17.5 Å². The number of nitrogens with zero attached hydrogens (tertiary/aromatic N) is 2. The van der Waals surface area contributed by atoms with Gasteiger partial charge in [-0.1, -0.05) is 54.1 Å². The number of benzene rings is 2. The molecule has 0 saturated heterocycles. The molecule has 0 aliphatic heterocycles. The third-order valence-electron chi connectivity index (χ3n) is 4.51. The Hall–Kier alpha value is -2.72. The highest BCUT2D eigenvalue weighted by atomic mass is 32.1. The molecule has 0 radical (unpaired) electrons. The second-order valence-electron chi connectivity index (χ2n) is 6.30. The lowest BCUT2D eigenvalue weighted by Crippen LogP contribution is -2.20. The Labute approximate surface area is 150 Å². The van der Waals surface area contributed by atoms with Crippen molar-refractivity contribution in [3.05, 3.63) is 87.3 Å². The number of hydrogen-bond acceptors (Lipinski definition) is 3. The van der Waals surface area contributed by atoms with Gasteiger partial charge in [0.2, 0.25) is 0 Å². The summed E-state index contributed by atoms with van der Waals surface area (Å²) in [7, 11) is 0. The standard InChI is InChI=1S/C21H18N2OS/c1-14-7-9-16(10-8-14)18-12-25-20-19(18)22-13-23(21(20)24)11-17-6-4-3-5-15(17)2/h3-10,12-13H,11H2,1-2H3. The molecule has 0 unspecified atom stereocenters. The van der Waals surface area contributed by atoms with E-state index < -0.39 is 0 Å². The first-order valence-electron chi connectivity index (χ1n) is 8.21. The summed E-state index contributed by atoms with van der Waals surface area (Å²) in [5.41, 5.74) is 6.48. The molecule has 2 aromatic carbocycles. The van der Waals surface area contributed by atoms with E-state index in [0.717, 1.165) is 22.2 Å². The molecule has 0 aliphatic carbocycles. The molecular formula is C21H18N2OS. The number of aromatic nitrogens is 2. The molecule has 0 atom stereocenters. The number of rotatable bonds is 3. The van der Waals surface area contributed by atoms with Crippen LogP contribution in [0.2, 0.25) is 0 Å². The highest BCUT2D eigenvalue weighted by Crippen LogP contribution is 2.30. The molecule has 25 heavy (non-hydrogen) atoms. The summed E-state index contributed by atoms with van der Waals surface area (Å²) in [6.45, 7) is 4.68. The van der Waals surface area contributed by atoms with Crippen molar-refractivity contribution in [3.8, 4) is 11.1 Å². The van der Waals surface area contributed by atoms with E-state index >= 15 is 0 Å². The molecule has 0 saturated carbocycles. The molecule has 3 nitrogen and oxygen atoms in total. The van der Waals surface area contributed by atoms with Crippen LogP contribution in [0.3, 0.4) is 0 Å². The highest BCUT2D eigenvalue weighted by Gasteiger charge is 2.13. The fourth-order valence-electron chi connectivity index (χ4n) is 2.96. The molecule has 0 fully saturated rings. The third kappa shape index (κ3) is 2.89. The molecule has 0 amide bonds. The Balaban J connectivity index is 1.78. The van der Waals surface area contributed by atoms with Crippen LogP contribution >= 0.6 is 11.3 Å². The zero-order valence-electron chi connectivity index (χ0n) is 14.2. The first-order chi connectivity index (χ1) is 12.1. The van der Waals surface area contributed by atoms with Gasteiger partial charge in [0.1, 0.15) is 4.70 Å². The van der Waals surface area contributed by atoms with Gasteiger partial charge in [0.15, 0.2) is 0 Å². The Bertz CT molecular complexity index is 1110. The Morgan fingerprint density at radius 3 is 2.56 bits per heavy atom. The second kappa shape index (κ2) is 6.30. The monoisotopic (exact) mass is 346 g/mol. The Morgan fingerprint density at radius 2 is 1.80 bits per heavy atom. The van der Waals surface area contributed by atoms with E-state index in [1.165, 1.54) is 22.5 Å². The topological polar surface area (TPSA) is 34.9 Å². The molecule has 2 aromatic heterocycles. The van der Waals surface area contributed by atoms with E-state index in [9.17, 15) is 4.79 Å². The van der Waals surface area contributed by atoms with Crippen LogP contribution in [-0.4, -0.2) is 9.55 Å². The van der Waals surface area contributed by atoms with Crippen LogP contribution in [0.4, 0.5) is 0 Å². The van der Waals surface area contributed by atoms with Crippen molar-refractivity contribution in [2.45, 2.75) is 20.4 Å². The summed E-state index contributed by atoms with van der Waals surface area (Å²) in [6, 6.07) is 16.5. The molecule has 0 aliphatic rings. The average Bonchev–Trinajstić information content (AvgIpc) is 3.05. The van der Waals surface area contributed by atoms with Crippen LogP contribution in [0, 0.1) is 13.8 Å². The van der Waals surface area contributed by atoms with Gasteiger partial charge >= 0.3 is 0 Å². The largest absolute Gasteiger partial charge is 0.294 e. The summed E-state index contributed by atoms with van der Waals surface area (Å²) in [6.07, 6.45) is 1.67. The Kier molecular flexibility index (Phi) is 3.98. The van der Waals surface area contributed by atoms with Gasteiger partial charge in [0.25, 0.3) is 5.56 Å². The van der Waals surface area contributed by atoms with Crippen molar-refractivity contribution in [3.63, 3.8) is 0 Å². The first kappa shape index (κ1) is 15.8. The number of thiophene rings is 1. The summed E-state index contributed by atoms with van der Waals surface area (Å²) >= 11 is 1.47. The van der Waals surface area contributed by atoms with Crippen molar-refractivity contribution >= 4 is 21.6 Å². The minimum absolute atomic E-state index is 0.0246. The van der Waals surface area contributed by atoms with Crippen molar-refractivity contribution in [2.75, 3.05) is 0 Å². The SMILES string of the molecule is Cc1ccc(-c2csc3c(=O)n(Cc4ccccc4C)cnc23)cc1. The van der Waals surface area contributed by atoms with Crippen molar-refractivity contribution in [2.24, 2.45) is 0 Å². The lowest BCUT2D eigenvalue weighted by Gasteiger charge is -2.08. The van der Waals surface area contributed by atoms with Gasteiger partial charge in [-0.15, -0.1) is 11.3 Å². The van der Waals surface area contributed by atoms with E-state index in [-0.39, 0.29) is 5.56 Å². The van der Waals surface area contributed by atoms with Gasteiger partial charge in [-0.2, -0.15) is 0 Å². The lowest BCUT2D eigenvalue weighted by atomic mass is 10.1. The van der Waals surface area contributed by atoms with Crippen LogP contribution in [0.1, 0.15) is 16.7 Å². The minimum atomic E-state index is 0.0246. The summed E-state index contributed by atoms with van der Waals surface area (Å²) in [4.78, 5) is 17.5. The molecule has 2 heterocycles. The van der Waals surface area contributed by atoms with Crippen molar-refractivity contribution in [1.29, 1.82) is 0 Å². The fourth-order valence-corrected chi connectivity index (χ4v) is 3.94. The van der Waals surface area contributed by atoms with Crippen LogP contribution in [0.15, 0.2) is 65.0 Å². The second-order valence-corrected chi connectivity index (χ2v) is 7.18. The van der Waals surface area contributed by atoms with Gasteiger partial charge in [0, 0.05) is 10.9 Å². The van der Waals surface area contributed by atoms with Crippen LogP contribution < -0.4 is 5.56 Å². The van der Waals surface area contributed by atoms with Gasteiger partial charge in [-0.05, 0) is 30.5 Å². The normalized spacial score (nSPS) is 11.1. The molecule has 0 bridgehead atoms. The Morgan fingerprint density at radius 1 is 1.04 bits per heavy atom. The van der Waals surface area contributed by atoms with Crippen molar-refractivity contribution < 1.29 is 0 Å². The summed E-state index contributed by atoms with van der Waals surface area (Å²) < 4.78 is 2.41. The maximum Gasteiger partial charge on any atom is 0.271 e. The maximum atomic E-state index is 12.9. The van der Waals surface area contributed by atoms with Gasteiger partial charge in [-0.25, -0.2) is 4.98 Å². The zero-order valence-corrected chi connectivity index (χ0v) is 15.0. The van der Waals surface area contributed by atoms with Crippen LogP contribution in [0.5, 0.6) is 0 Å². The van der Waals surface area contributed by atoms with E-state index in [0.29, 0.717) is 11.2 Å². The fraction of sp³-hybridized carbons (Fsp3) is 0.143. The van der Waals surface area contributed by atoms with Gasteiger partial charge < -0.3 is 0 Å². The molecule has 0 N–H and O–H groups in total. The molecule has 124 valence electrons. The third-order valence-corrected chi connectivity index (χ3v) is 5.47. The number of hydrogen-bond donors (Lipinski definition) is 0. The zero-order chi connectivity index (χ0) is 17.4. The molecule has 0 spiro atoms. The average molecular weight is 346 g/mol. The molecular weight excluding hydrogens is 328 g/mol. The maximum absolute atomic E-state index is 12.9. The predicted molar refractivity (Wildman–Crippen MR) is 104 cm³/mol. The molecule has 4 rings (SSSR count). The number of fused-ring (bicyclic) bond motifs is 1. The smallest absolute Gasteiger partial charge is 0.271 e. The highest BCUT2D eigenvalue weighted by molar-refractivity contribution is 7.17. The van der Waals surface area contributed by atoms with E-state index in [2.05, 4.69) is 55.2 Å². The molecule has 4 aromatic rings. The van der Waals surface area contributed by atoms with E-state index in [4.69, 9.17) is 0 Å². The quantitative estimate of drug-likeness (QED) is 0.534. The summed E-state index contributed by atoms with van der Waals surface area (Å²) in [5.74, 6) is 0. The van der Waals surface area contributed by atoms with Gasteiger partial charge in [-0.3, -0.25) is 9.36 Å².